The van der Waals surface area contributed by atoms with Crippen molar-refractivity contribution in [3.8, 4) is 5.69 Å². The lowest BCUT2D eigenvalue weighted by molar-refractivity contribution is -0.704. The molecule has 0 amide bonds. The molecule has 1 heterocycles. The normalized spacial score (nSPS) is 11.2. The Labute approximate surface area is 174 Å². The average Bonchev–Trinajstić information content (AvgIpc) is 3.13. The van der Waals surface area contributed by atoms with E-state index >= 15 is 0 Å². The van der Waals surface area contributed by atoms with Crippen LogP contribution < -0.4 is 4.57 Å². The number of hydrogen-bond donors (Lipinski definition) is 0. The summed E-state index contributed by atoms with van der Waals surface area (Å²) in [5, 5.41) is 0. The predicted octanol–water partition coefficient (Wildman–Crippen LogP) is 7.42. The smallest absolute Gasteiger partial charge is 0.234 e. The van der Waals surface area contributed by atoms with Crippen LogP contribution in [0.15, 0.2) is 42.7 Å². The van der Waals surface area contributed by atoms with E-state index < -0.39 is 0 Å². The Hall–Kier alpha value is -1.57. The van der Waals surface area contributed by atoms with Crippen LogP contribution >= 0.6 is 0 Å². The van der Waals surface area contributed by atoms with Gasteiger partial charge in [-0.3, -0.25) is 0 Å². The minimum absolute atomic E-state index is 1.17. The number of aromatic nitrogens is 2. The Morgan fingerprint density at radius 2 is 1.25 bits per heavy atom. The van der Waals surface area contributed by atoms with Crippen LogP contribution in [0.5, 0.6) is 0 Å². The molecule has 2 nitrogen and oxygen atoms in total. The maximum atomic E-state index is 2.52. The molecule has 1 aromatic carbocycles. The fourth-order valence-corrected chi connectivity index (χ4v) is 4.05. The molecule has 0 N–H and O–H groups in total. The lowest BCUT2D eigenvalue weighted by Crippen LogP contribution is -2.37. The Bertz CT molecular complexity index is 615. The Morgan fingerprint density at radius 1 is 0.679 bits per heavy atom. The fraction of sp³-hybridized carbons (Fsp3) is 0.654. The first-order valence-corrected chi connectivity index (χ1v) is 12.0. The first kappa shape index (κ1) is 22.7. The third-order valence-electron chi connectivity index (χ3n) is 5.80. The molecule has 0 fully saturated rings. The fourth-order valence-electron chi connectivity index (χ4n) is 4.05. The quantitative estimate of drug-likeness (QED) is 0.211. The van der Waals surface area contributed by atoms with E-state index in [0.29, 0.717) is 0 Å². The van der Waals surface area contributed by atoms with Gasteiger partial charge in [0.15, 0.2) is 0 Å². The van der Waals surface area contributed by atoms with Gasteiger partial charge >= 0.3 is 0 Å². The van der Waals surface area contributed by atoms with Gasteiger partial charge in [0.05, 0.1) is 6.54 Å². The summed E-state index contributed by atoms with van der Waals surface area (Å²) in [6.45, 7) is 5.75. The van der Waals surface area contributed by atoms with Crippen LogP contribution in [-0.2, 0) is 13.0 Å². The SMILES string of the molecule is CCCCCCCCC[n+]1ccn(-c2ccccc2)c1CCCCCCCC. The Balaban J connectivity index is 1.89. The van der Waals surface area contributed by atoms with Crippen molar-refractivity contribution in [2.45, 2.75) is 110 Å². The molecule has 0 saturated carbocycles. The molecule has 0 aliphatic carbocycles. The van der Waals surface area contributed by atoms with E-state index in [2.05, 4.69) is 65.7 Å². The number of benzene rings is 1. The standard InChI is InChI=1S/C26H43N2/c1-3-5-7-9-11-13-18-22-27-23-24-28(25-19-15-14-16-20-25)26(27)21-17-12-10-8-6-4-2/h14-16,19-20,23-24H,3-13,17-18,21-22H2,1-2H3/q+1. The number of imidazole rings is 1. The van der Waals surface area contributed by atoms with E-state index in [9.17, 15) is 0 Å². The van der Waals surface area contributed by atoms with Gasteiger partial charge in [-0.1, -0.05) is 96.3 Å². The minimum atomic E-state index is 1.17. The zero-order valence-corrected chi connectivity index (χ0v) is 18.5. The van der Waals surface area contributed by atoms with E-state index in [1.54, 1.807) is 0 Å². The van der Waals surface area contributed by atoms with Crippen molar-refractivity contribution in [2.75, 3.05) is 0 Å². The summed E-state index contributed by atoms with van der Waals surface area (Å²) < 4.78 is 4.93. The van der Waals surface area contributed by atoms with Crippen molar-refractivity contribution in [1.29, 1.82) is 0 Å². The van der Waals surface area contributed by atoms with Gasteiger partial charge in [0, 0.05) is 6.42 Å². The van der Waals surface area contributed by atoms with E-state index in [1.807, 2.05) is 0 Å². The van der Waals surface area contributed by atoms with Gasteiger partial charge in [-0.2, -0.15) is 4.57 Å². The second-order valence-corrected chi connectivity index (χ2v) is 8.25. The second kappa shape index (κ2) is 14.4. The molecule has 0 bridgehead atoms. The van der Waals surface area contributed by atoms with Gasteiger partial charge in [-0.05, 0) is 31.4 Å². The zero-order chi connectivity index (χ0) is 19.9. The molecule has 156 valence electrons. The number of unbranched alkanes of at least 4 members (excludes halogenated alkanes) is 11. The van der Waals surface area contributed by atoms with Gasteiger partial charge < -0.3 is 0 Å². The van der Waals surface area contributed by atoms with Gasteiger partial charge in [0.1, 0.15) is 18.1 Å². The number of rotatable bonds is 16. The van der Waals surface area contributed by atoms with Crippen LogP contribution in [0.2, 0.25) is 0 Å². The van der Waals surface area contributed by atoms with E-state index in [1.165, 1.54) is 108 Å². The lowest BCUT2D eigenvalue weighted by atomic mass is 10.1. The van der Waals surface area contributed by atoms with Gasteiger partial charge in [0.25, 0.3) is 5.82 Å². The first-order valence-electron chi connectivity index (χ1n) is 12.0. The van der Waals surface area contributed by atoms with Gasteiger partial charge in [-0.25, -0.2) is 4.57 Å². The summed E-state index contributed by atoms with van der Waals surface area (Å²) in [6.07, 6.45) is 23.5. The number of para-hydroxylation sites is 1. The molecule has 0 unspecified atom stereocenters. The highest BCUT2D eigenvalue weighted by atomic mass is 15.1. The highest BCUT2D eigenvalue weighted by molar-refractivity contribution is 5.31. The average molecular weight is 384 g/mol. The summed E-state index contributed by atoms with van der Waals surface area (Å²) in [6, 6.07) is 10.8. The maximum Gasteiger partial charge on any atom is 0.261 e. The monoisotopic (exact) mass is 383 g/mol. The van der Waals surface area contributed by atoms with Crippen molar-refractivity contribution in [1.82, 2.24) is 4.57 Å². The summed E-state index contributed by atoms with van der Waals surface area (Å²) in [7, 11) is 0. The molecule has 2 rings (SSSR count). The van der Waals surface area contributed by atoms with Crippen LogP contribution in [0.1, 0.15) is 103 Å². The third kappa shape index (κ3) is 8.20. The number of hydrogen-bond acceptors (Lipinski definition) is 0. The van der Waals surface area contributed by atoms with Crippen molar-refractivity contribution in [3.63, 3.8) is 0 Å². The molecule has 0 radical (unpaired) electrons. The largest absolute Gasteiger partial charge is 0.261 e. The van der Waals surface area contributed by atoms with Gasteiger partial charge in [-0.15, -0.1) is 0 Å². The lowest BCUT2D eigenvalue weighted by Gasteiger charge is -2.06. The number of nitrogens with zero attached hydrogens (tertiary/aromatic N) is 2. The summed E-state index contributed by atoms with van der Waals surface area (Å²) >= 11 is 0. The highest BCUT2D eigenvalue weighted by Gasteiger charge is 2.18. The second-order valence-electron chi connectivity index (χ2n) is 8.25. The van der Waals surface area contributed by atoms with E-state index in [0.717, 1.165) is 0 Å². The first-order chi connectivity index (χ1) is 13.9. The predicted molar refractivity (Wildman–Crippen MR) is 121 cm³/mol. The summed E-state index contributed by atoms with van der Waals surface area (Å²) in [5.41, 5.74) is 1.29. The van der Waals surface area contributed by atoms with Crippen LogP contribution in [0.25, 0.3) is 5.69 Å². The van der Waals surface area contributed by atoms with Crippen LogP contribution in [0.4, 0.5) is 0 Å². The van der Waals surface area contributed by atoms with Crippen LogP contribution in [0.3, 0.4) is 0 Å². The molecule has 0 aliphatic heterocycles. The molecule has 2 aromatic rings. The van der Waals surface area contributed by atoms with E-state index in [-0.39, 0.29) is 0 Å². The summed E-state index contributed by atoms with van der Waals surface area (Å²) in [5.74, 6) is 1.48. The van der Waals surface area contributed by atoms with Crippen molar-refractivity contribution in [3.05, 3.63) is 48.5 Å². The van der Waals surface area contributed by atoms with Crippen LogP contribution in [0, 0.1) is 0 Å². The topological polar surface area (TPSA) is 8.81 Å². The molecule has 0 atom stereocenters. The molecular weight excluding hydrogens is 340 g/mol. The molecule has 0 saturated heterocycles. The Kier molecular flexibility index (Phi) is 11.7. The maximum absolute atomic E-state index is 2.52. The molecule has 28 heavy (non-hydrogen) atoms. The molecule has 0 spiro atoms. The molecule has 2 heteroatoms. The van der Waals surface area contributed by atoms with Crippen molar-refractivity contribution < 1.29 is 4.57 Å². The highest BCUT2D eigenvalue weighted by Crippen LogP contribution is 2.14. The molecule has 1 aromatic heterocycles. The molecule has 0 aliphatic rings. The van der Waals surface area contributed by atoms with Crippen molar-refractivity contribution in [2.24, 2.45) is 0 Å². The third-order valence-corrected chi connectivity index (χ3v) is 5.80. The van der Waals surface area contributed by atoms with Crippen LogP contribution in [-0.4, -0.2) is 4.57 Å². The van der Waals surface area contributed by atoms with Gasteiger partial charge in [0.2, 0.25) is 0 Å². The number of aryl methyl sites for hydroxylation is 1. The zero-order valence-electron chi connectivity index (χ0n) is 18.5. The van der Waals surface area contributed by atoms with Crippen molar-refractivity contribution >= 4 is 0 Å². The Morgan fingerprint density at radius 3 is 1.89 bits per heavy atom. The van der Waals surface area contributed by atoms with E-state index in [4.69, 9.17) is 0 Å². The summed E-state index contributed by atoms with van der Waals surface area (Å²) in [4.78, 5) is 0. The molecular formula is C26H43N2+. The minimum Gasteiger partial charge on any atom is -0.234 e.